The maximum Gasteiger partial charge on any atom is 0.306 e. The van der Waals surface area contributed by atoms with E-state index in [0.717, 1.165) is 6.92 Å². The first-order valence-corrected chi connectivity index (χ1v) is 13.0. The molecule has 0 heterocycles. The molecule has 2 N–H and O–H groups in total. The summed E-state index contributed by atoms with van der Waals surface area (Å²) in [7, 11) is 0. The number of rotatable bonds is 8. The molecule has 206 valence electrons. The van der Waals surface area contributed by atoms with Crippen LogP contribution in [0.5, 0.6) is 0 Å². The van der Waals surface area contributed by atoms with Gasteiger partial charge in [-0.05, 0) is 37.3 Å². The van der Waals surface area contributed by atoms with Gasteiger partial charge in [-0.2, -0.15) is 0 Å². The van der Waals surface area contributed by atoms with Gasteiger partial charge in [-0.3, -0.25) is 28.8 Å². The van der Waals surface area contributed by atoms with E-state index in [1.165, 1.54) is 12.2 Å². The van der Waals surface area contributed by atoms with E-state index < -0.39 is 64.7 Å². The van der Waals surface area contributed by atoms with E-state index in [9.17, 15) is 33.9 Å². The van der Waals surface area contributed by atoms with Gasteiger partial charge in [0.05, 0.1) is 0 Å². The van der Waals surface area contributed by atoms with Crippen LogP contribution in [0.15, 0.2) is 23.8 Å². The van der Waals surface area contributed by atoms with Crippen LogP contribution >= 0.6 is 0 Å². The van der Waals surface area contributed by atoms with Gasteiger partial charge in [-0.25, -0.2) is 0 Å². The van der Waals surface area contributed by atoms with Crippen molar-refractivity contribution in [3.05, 3.63) is 23.8 Å². The van der Waals surface area contributed by atoms with Crippen LogP contribution in [0, 0.1) is 28.6 Å². The maximum absolute atomic E-state index is 13.9. The van der Waals surface area contributed by atoms with Crippen LogP contribution in [-0.2, 0) is 38.2 Å². The van der Waals surface area contributed by atoms with Gasteiger partial charge in [0.15, 0.2) is 12.4 Å². The molecule has 0 amide bonds. The SMILES string of the molecule is CC(=O)OCC(=O)[C@@]1(O)CC[C@H]2[C@@H]3[C@H](OC(=O)CCCC(=O)O)CC4=CC(=O)C=C[C@]4(C)[C@H]3C(=O)C[C@@]21C. The van der Waals surface area contributed by atoms with Crippen molar-refractivity contribution in [3.63, 3.8) is 0 Å². The van der Waals surface area contributed by atoms with E-state index in [2.05, 4.69) is 0 Å². The van der Waals surface area contributed by atoms with Gasteiger partial charge < -0.3 is 19.7 Å². The molecular weight excluding hydrogens is 496 g/mol. The number of hydrogen-bond donors (Lipinski definition) is 2. The van der Waals surface area contributed by atoms with E-state index in [-0.39, 0.29) is 56.0 Å². The van der Waals surface area contributed by atoms with Crippen LogP contribution in [0.3, 0.4) is 0 Å². The highest BCUT2D eigenvalue weighted by atomic mass is 16.5. The minimum atomic E-state index is -1.90. The highest BCUT2D eigenvalue weighted by molar-refractivity contribution is 6.02. The molecule has 0 aromatic heterocycles. The lowest BCUT2D eigenvalue weighted by Gasteiger charge is -2.58. The van der Waals surface area contributed by atoms with Crippen molar-refractivity contribution in [3.8, 4) is 0 Å². The number of esters is 2. The summed E-state index contributed by atoms with van der Waals surface area (Å²) < 4.78 is 10.8. The fraction of sp³-hybridized carbons (Fsp3) is 0.643. The summed E-state index contributed by atoms with van der Waals surface area (Å²) >= 11 is 0. The Morgan fingerprint density at radius 1 is 1.13 bits per heavy atom. The fourth-order valence-corrected chi connectivity index (χ4v) is 7.45. The van der Waals surface area contributed by atoms with E-state index in [1.807, 2.05) is 6.92 Å². The maximum atomic E-state index is 13.9. The monoisotopic (exact) mass is 530 g/mol. The number of aliphatic hydroxyl groups is 1. The lowest BCUT2D eigenvalue weighted by molar-refractivity contribution is -0.185. The summed E-state index contributed by atoms with van der Waals surface area (Å²) in [6, 6.07) is 0. The van der Waals surface area contributed by atoms with E-state index >= 15 is 0 Å². The van der Waals surface area contributed by atoms with E-state index in [4.69, 9.17) is 14.6 Å². The molecule has 3 saturated carbocycles. The molecule has 38 heavy (non-hydrogen) atoms. The number of carbonyl (C=O) groups is 6. The number of fused-ring (bicyclic) bond motifs is 5. The Kier molecular flexibility index (Phi) is 7.24. The molecule has 4 aliphatic carbocycles. The minimum absolute atomic E-state index is 0.0672. The Hall–Kier alpha value is -3.14. The standard InChI is InChI=1S/C28H34O10/c1-15(29)37-14-21(32)28(36)10-8-18-24-20(38-23(35)6-4-5-22(33)34)12-16-11-17(30)7-9-26(16,2)25(24)19(31)13-27(18,28)3/h7,9,11,18,20,24-25,36H,4-6,8,10,12-14H2,1-3H3,(H,33,34)/t18-,20+,24+,25-,26-,27-,28-/m0/s1. The smallest absolute Gasteiger partial charge is 0.306 e. The zero-order valence-electron chi connectivity index (χ0n) is 21.9. The number of hydrogen-bond acceptors (Lipinski definition) is 9. The summed E-state index contributed by atoms with van der Waals surface area (Å²) in [6.07, 6.45) is 4.22. The molecule has 4 aliphatic rings. The normalized spacial score (nSPS) is 37.4. The first-order valence-electron chi connectivity index (χ1n) is 13.0. The van der Waals surface area contributed by atoms with E-state index in [0.29, 0.717) is 12.0 Å². The number of ketones is 3. The molecule has 0 aromatic rings. The Balaban J connectivity index is 1.70. The molecule has 10 nitrogen and oxygen atoms in total. The molecule has 4 rings (SSSR count). The van der Waals surface area contributed by atoms with Crippen molar-refractivity contribution >= 4 is 35.3 Å². The summed E-state index contributed by atoms with van der Waals surface area (Å²) in [5.41, 5.74) is -3.18. The lowest BCUT2D eigenvalue weighted by atomic mass is 9.46. The predicted octanol–water partition coefficient (Wildman–Crippen LogP) is 2.11. The third-order valence-corrected chi connectivity index (χ3v) is 9.34. The molecule has 0 aliphatic heterocycles. The molecule has 0 radical (unpaired) electrons. The first-order chi connectivity index (χ1) is 17.7. The average molecular weight is 531 g/mol. The topological polar surface area (TPSA) is 161 Å². The highest BCUT2D eigenvalue weighted by Crippen LogP contribution is 2.66. The van der Waals surface area contributed by atoms with Gasteiger partial charge >= 0.3 is 17.9 Å². The van der Waals surface area contributed by atoms with Gasteiger partial charge in [0.2, 0.25) is 5.78 Å². The van der Waals surface area contributed by atoms with Crippen LogP contribution < -0.4 is 0 Å². The molecule has 3 fully saturated rings. The van der Waals surface area contributed by atoms with Crippen LogP contribution in [0.2, 0.25) is 0 Å². The molecule has 0 unspecified atom stereocenters. The third kappa shape index (κ3) is 4.52. The largest absolute Gasteiger partial charge is 0.481 e. The second-order valence-corrected chi connectivity index (χ2v) is 11.5. The number of carboxylic acid groups (broad SMARTS) is 1. The van der Waals surface area contributed by atoms with Crippen molar-refractivity contribution in [2.45, 2.75) is 77.4 Å². The summed E-state index contributed by atoms with van der Waals surface area (Å²) in [4.78, 5) is 74.2. The first kappa shape index (κ1) is 27.9. The number of ether oxygens (including phenoxy) is 2. The zero-order chi connectivity index (χ0) is 28.0. The number of aliphatic carboxylic acids is 1. The quantitative estimate of drug-likeness (QED) is 0.445. The molecule has 0 aromatic carbocycles. The fourth-order valence-electron chi connectivity index (χ4n) is 7.45. The molecule has 0 saturated heterocycles. The van der Waals surface area contributed by atoms with Gasteiger partial charge in [0.1, 0.15) is 17.5 Å². The number of carbonyl (C=O) groups excluding carboxylic acids is 5. The van der Waals surface area contributed by atoms with Crippen molar-refractivity contribution in [2.24, 2.45) is 28.6 Å². The van der Waals surface area contributed by atoms with Crippen LogP contribution in [-0.4, -0.2) is 63.8 Å². The van der Waals surface area contributed by atoms with Crippen molar-refractivity contribution < 1.29 is 48.5 Å². The highest BCUT2D eigenvalue weighted by Gasteiger charge is 2.70. The Morgan fingerprint density at radius 3 is 2.50 bits per heavy atom. The summed E-state index contributed by atoms with van der Waals surface area (Å²) in [6.45, 7) is 4.15. The minimum Gasteiger partial charge on any atom is -0.481 e. The number of Topliss-reactive ketones (excluding diaryl/α,β-unsaturated/α-hetero) is 2. The van der Waals surface area contributed by atoms with Crippen molar-refractivity contribution in [2.75, 3.05) is 6.61 Å². The Morgan fingerprint density at radius 2 is 1.84 bits per heavy atom. The average Bonchev–Trinajstić information content (AvgIpc) is 3.09. The van der Waals surface area contributed by atoms with Gasteiger partial charge in [0.25, 0.3) is 0 Å². The van der Waals surface area contributed by atoms with Crippen LogP contribution in [0.1, 0.15) is 65.7 Å². The summed E-state index contributed by atoms with van der Waals surface area (Å²) in [5.74, 6) is -4.94. The Labute approximate surface area is 220 Å². The van der Waals surface area contributed by atoms with Gasteiger partial charge in [0, 0.05) is 55.3 Å². The molecule has 0 spiro atoms. The van der Waals surface area contributed by atoms with E-state index in [1.54, 1.807) is 13.0 Å². The number of allylic oxidation sites excluding steroid dienone is 3. The second-order valence-electron chi connectivity index (χ2n) is 11.5. The molecular formula is C28H34O10. The zero-order valence-corrected chi connectivity index (χ0v) is 21.9. The number of carboxylic acids is 1. The predicted molar refractivity (Wildman–Crippen MR) is 130 cm³/mol. The van der Waals surface area contributed by atoms with Crippen molar-refractivity contribution in [1.82, 2.24) is 0 Å². The Bertz CT molecular complexity index is 1150. The van der Waals surface area contributed by atoms with Crippen molar-refractivity contribution in [1.29, 1.82) is 0 Å². The van der Waals surface area contributed by atoms with Gasteiger partial charge in [-0.15, -0.1) is 0 Å². The van der Waals surface area contributed by atoms with Crippen LogP contribution in [0.25, 0.3) is 0 Å². The molecule has 0 bridgehead atoms. The third-order valence-electron chi connectivity index (χ3n) is 9.34. The van der Waals surface area contributed by atoms with Crippen LogP contribution in [0.4, 0.5) is 0 Å². The second kappa shape index (κ2) is 9.87. The molecule has 10 heteroatoms. The lowest BCUT2D eigenvalue weighted by Crippen LogP contribution is -2.63. The molecule has 7 atom stereocenters. The summed E-state index contributed by atoms with van der Waals surface area (Å²) in [5, 5.41) is 20.6. The van der Waals surface area contributed by atoms with Gasteiger partial charge in [-0.1, -0.05) is 25.5 Å².